The van der Waals surface area contributed by atoms with Crippen LogP contribution in [0.3, 0.4) is 0 Å². The van der Waals surface area contributed by atoms with Crippen LogP contribution >= 0.6 is 11.6 Å². The topological polar surface area (TPSA) is 142 Å². The molecule has 0 saturated carbocycles. The molecular formula is C26H25ClF3N3O7. The molecule has 214 valence electrons. The molecule has 0 radical (unpaired) electrons. The van der Waals surface area contributed by atoms with Gasteiger partial charge in [0.15, 0.2) is 23.2 Å². The van der Waals surface area contributed by atoms with Crippen molar-refractivity contribution in [3.05, 3.63) is 58.4 Å². The molecule has 2 aromatic rings. The number of hydrogen-bond donors (Lipinski definition) is 3. The molecule has 3 N–H and O–H groups in total. The number of carbonyl (C=O) groups is 5. The lowest BCUT2D eigenvalue weighted by atomic mass is 9.95. The summed E-state index contributed by atoms with van der Waals surface area (Å²) in [4.78, 5) is 62.8. The van der Waals surface area contributed by atoms with E-state index in [0.717, 1.165) is 6.92 Å². The maximum absolute atomic E-state index is 14.2. The van der Waals surface area contributed by atoms with E-state index in [2.05, 4.69) is 10.6 Å². The molecule has 40 heavy (non-hydrogen) atoms. The van der Waals surface area contributed by atoms with Crippen molar-refractivity contribution in [3.63, 3.8) is 0 Å². The summed E-state index contributed by atoms with van der Waals surface area (Å²) >= 11 is 5.98. The number of carbonyl (C=O) groups excluding carboxylic acids is 4. The molecule has 1 aliphatic rings. The van der Waals surface area contributed by atoms with Crippen LogP contribution in [-0.2, 0) is 24.0 Å². The van der Waals surface area contributed by atoms with Gasteiger partial charge in [0.05, 0.1) is 17.1 Å². The van der Waals surface area contributed by atoms with E-state index in [0.29, 0.717) is 6.07 Å². The molecule has 10 nitrogen and oxygen atoms in total. The molecule has 3 amide bonds. The monoisotopic (exact) mass is 583 g/mol. The molecule has 0 aromatic heterocycles. The van der Waals surface area contributed by atoms with E-state index in [1.165, 1.54) is 11.0 Å². The lowest BCUT2D eigenvalue weighted by Gasteiger charge is -2.31. The molecule has 1 saturated heterocycles. The first-order valence-corrected chi connectivity index (χ1v) is 12.4. The maximum Gasteiger partial charge on any atom is 0.313 e. The zero-order chi connectivity index (χ0) is 29.6. The summed E-state index contributed by atoms with van der Waals surface area (Å²) in [5.41, 5.74) is -0.0178. The highest BCUT2D eigenvalue weighted by atomic mass is 35.5. The number of aryl methyl sites for hydroxylation is 1. The first-order valence-electron chi connectivity index (χ1n) is 12.1. The number of nitrogens with one attached hydrogen (secondary N) is 2. The van der Waals surface area contributed by atoms with E-state index in [9.17, 15) is 37.1 Å². The summed E-state index contributed by atoms with van der Waals surface area (Å²) in [6.45, 7) is 0.183. The van der Waals surface area contributed by atoms with Gasteiger partial charge < -0.3 is 25.4 Å². The van der Waals surface area contributed by atoms with E-state index >= 15 is 0 Å². The highest BCUT2D eigenvalue weighted by Gasteiger charge is 2.33. The predicted octanol–water partition coefficient (Wildman–Crippen LogP) is 2.85. The fraction of sp³-hybridized carbons (Fsp3) is 0.346. The van der Waals surface area contributed by atoms with Crippen molar-refractivity contribution < 1.29 is 47.0 Å². The van der Waals surface area contributed by atoms with Crippen molar-refractivity contribution in [2.75, 3.05) is 25.0 Å². The third kappa shape index (κ3) is 7.50. The van der Waals surface area contributed by atoms with Crippen molar-refractivity contribution >= 4 is 46.8 Å². The molecule has 14 heteroatoms. The third-order valence-corrected chi connectivity index (χ3v) is 6.54. The average molecular weight is 584 g/mol. The van der Waals surface area contributed by atoms with Crippen LogP contribution in [0.1, 0.15) is 24.8 Å². The Morgan fingerprint density at radius 1 is 1.10 bits per heavy atom. The van der Waals surface area contributed by atoms with E-state index in [4.69, 9.17) is 21.4 Å². The first kappa shape index (κ1) is 30.4. The van der Waals surface area contributed by atoms with E-state index < -0.39 is 77.7 Å². The molecule has 1 atom stereocenters. The van der Waals surface area contributed by atoms with Gasteiger partial charge >= 0.3 is 17.8 Å². The second-order valence-corrected chi connectivity index (χ2v) is 9.45. The molecular weight excluding hydrogens is 559 g/mol. The normalized spacial score (nSPS) is 14.3. The number of nitrogens with zero attached hydrogens (tertiary/aromatic N) is 1. The van der Waals surface area contributed by atoms with Crippen LogP contribution in [0.4, 0.5) is 18.9 Å². The Morgan fingerprint density at radius 2 is 1.75 bits per heavy atom. The Bertz CT molecular complexity index is 1310. The average Bonchev–Trinajstić information content (AvgIpc) is 2.92. The van der Waals surface area contributed by atoms with Crippen LogP contribution in [0.25, 0.3) is 0 Å². The van der Waals surface area contributed by atoms with Crippen LogP contribution < -0.4 is 15.4 Å². The molecule has 0 spiro atoms. The van der Waals surface area contributed by atoms with Gasteiger partial charge in [-0.15, -0.1) is 0 Å². The number of carboxylic acid groups (broad SMARTS) is 1. The number of carboxylic acids is 1. The summed E-state index contributed by atoms with van der Waals surface area (Å²) in [6, 6.07) is 5.35. The van der Waals surface area contributed by atoms with Crippen molar-refractivity contribution in [3.8, 4) is 5.75 Å². The molecule has 0 unspecified atom stereocenters. The number of para-hydroxylation sites is 1. The number of hydrogen-bond acceptors (Lipinski definition) is 6. The van der Waals surface area contributed by atoms with Crippen molar-refractivity contribution in [2.24, 2.45) is 5.92 Å². The van der Waals surface area contributed by atoms with Gasteiger partial charge in [-0.05, 0) is 43.5 Å². The summed E-state index contributed by atoms with van der Waals surface area (Å²) in [5, 5.41) is 14.1. The lowest BCUT2D eigenvalue weighted by molar-refractivity contribution is -0.145. The van der Waals surface area contributed by atoms with Crippen LogP contribution in [-0.4, -0.2) is 65.2 Å². The van der Waals surface area contributed by atoms with Crippen LogP contribution in [0, 0.1) is 30.3 Å². The highest BCUT2D eigenvalue weighted by Crippen LogP contribution is 2.27. The van der Waals surface area contributed by atoms with Gasteiger partial charge in [0.2, 0.25) is 11.7 Å². The third-order valence-electron chi connectivity index (χ3n) is 6.21. The molecule has 1 fully saturated rings. The number of likely N-dealkylation sites (tertiary alicyclic amines) is 1. The first-order chi connectivity index (χ1) is 18.9. The van der Waals surface area contributed by atoms with Crippen LogP contribution in [0.5, 0.6) is 5.75 Å². The number of rotatable bonds is 9. The zero-order valence-electron chi connectivity index (χ0n) is 21.1. The SMILES string of the molecule is Cc1cc(F)c(F)c(OCC(=O)[C@H](CC(=O)O)NC(=O)C2CCN(C(=O)C(=O)Nc3ccccc3Cl)CC2)c1F. The van der Waals surface area contributed by atoms with E-state index in [1.807, 2.05) is 0 Å². The Labute approximate surface area is 231 Å². The smallest absolute Gasteiger partial charge is 0.313 e. The number of anilines is 1. The Hall–Kier alpha value is -4.13. The minimum atomic E-state index is -1.66. The van der Waals surface area contributed by atoms with Crippen molar-refractivity contribution in [1.82, 2.24) is 10.2 Å². The van der Waals surface area contributed by atoms with E-state index in [1.54, 1.807) is 18.2 Å². The minimum Gasteiger partial charge on any atom is -0.481 e. The Morgan fingerprint density at radius 3 is 2.38 bits per heavy atom. The summed E-state index contributed by atoms with van der Waals surface area (Å²) in [5.74, 6) is -11.0. The van der Waals surface area contributed by atoms with Gasteiger partial charge in [-0.1, -0.05) is 23.7 Å². The highest BCUT2D eigenvalue weighted by molar-refractivity contribution is 6.41. The largest absolute Gasteiger partial charge is 0.481 e. The molecule has 1 heterocycles. The molecule has 3 rings (SSSR count). The quantitative estimate of drug-likeness (QED) is 0.304. The van der Waals surface area contributed by atoms with Gasteiger partial charge in [0, 0.05) is 19.0 Å². The number of amides is 3. The number of ether oxygens (including phenoxy) is 1. The van der Waals surface area contributed by atoms with Gasteiger partial charge in [0.25, 0.3) is 0 Å². The summed E-state index contributed by atoms with van der Waals surface area (Å²) in [6.07, 6.45) is -0.624. The van der Waals surface area contributed by atoms with Crippen LogP contribution in [0.2, 0.25) is 5.02 Å². The summed E-state index contributed by atoms with van der Waals surface area (Å²) in [7, 11) is 0. The molecule has 1 aliphatic heterocycles. The Balaban J connectivity index is 1.56. The number of piperidine rings is 1. The molecule has 2 aromatic carbocycles. The standard InChI is InChI=1S/C26H25ClF3N3O7/c1-13-10-16(28)22(30)23(21(13)29)40-12-19(34)18(11-20(35)36)32-24(37)14-6-8-33(9-7-14)26(39)25(38)31-17-5-3-2-4-15(17)27/h2-5,10,14,18H,6-9,11-12H2,1H3,(H,31,38)(H,32,37)(H,35,36)/t18-/m0/s1. The second-order valence-electron chi connectivity index (χ2n) is 9.05. The molecule has 0 bridgehead atoms. The fourth-order valence-corrected chi connectivity index (χ4v) is 4.19. The summed E-state index contributed by atoms with van der Waals surface area (Å²) < 4.78 is 46.5. The number of benzene rings is 2. The molecule has 0 aliphatic carbocycles. The van der Waals surface area contributed by atoms with Gasteiger partial charge in [0.1, 0.15) is 12.6 Å². The van der Waals surface area contributed by atoms with Gasteiger partial charge in [-0.2, -0.15) is 4.39 Å². The van der Waals surface area contributed by atoms with Crippen molar-refractivity contribution in [1.29, 1.82) is 0 Å². The maximum atomic E-state index is 14.2. The number of aliphatic carboxylic acids is 1. The zero-order valence-corrected chi connectivity index (χ0v) is 21.9. The minimum absolute atomic E-state index is 0.0327. The fourth-order valence-electron chi connectivity index (χ4n) is 4.01. The predicted molar refractivity (Wildman–Crippen MR) is 135 cm³/mol. The van der Waals surface area contributed by atoms with Crippen LogP contribution in [0.15, 0.2) is 30.3 Å². The number of halogens is 4. The Kier molecular flexibility index (Phi) is 10.1. The number of Topliss-reactive ketones (excluding diaryl/α,β-unsaturated/α-hetero) is 1. The van der Waals surface area contributed by atoms with Gasteiger partial charge in [-0.25, -0.2) is 8.78 Å². The van der Waals surface area contributed by atoms with E-state index in [-0.39, 0.29) is 42.2 Å². The van der Waals surface area contributed by atoms with Crippen molar-refractivity contribution in [2.45, 2.75) is 32.2 Å². The number of ketones is 1. The second kappa shape index (κ2) is 13.3. The lowest BCUT2D eigenvalue weighted by Crippen LogP contribution is -2.50. The van der Waals surface area contributed by atoms with Gasteiger partial charge in [-0.3, -0.25) is 24.0 Å².